The fraction of sp³-hybridized carbons (Fsp3) is 0.417. The highest BCUT2D eigenvalue weighted by Gasteiger charge is 2.31. The summed E-state index contributed by atoms with van der Waals surface area (Å²) in [5, 5.41) is 9.97. The van der Waals surface area contributed by atoms with Crippen molar-refractivity contribution >= 4 is 28.5 Å². The molecule has 1 heterocycles. The van der Waals surface area contributed by atoms with E-state index in [1.165, 1.54) is 0 Å². The normalized spacial score (nSPS) is 25.5. The lowest BCUT2D eigenvalue weighted by Gasteiger charge is -2.35. The number of hydrogen-bond donors (Lipinski definition) is 1. The van der Waals surface area contributed by atoms with Crippen LogP contribution in [-0.4, -0.2) is 32.6 Å². The number of piperidine rings is 1. The molecule has 0 aliphatic carbocycles. The Morgan fingerprint density at radius 1 is 1.38 bits per heavy atom. The highest BCUT2D eigenvalue weighted by molar-refractivity contribution is 14.1. The number of aliphatic hydroxyl groups is 1. The average molecular weight is 331 g/mol. The van der Waals surface area contributed by atoms with Crippen LogP contribution in [0.25, 0.3) is 0 Å². The Kier molecular flexibility index (Phi) is 3.81. The van der Waals surface area contributed by atoms with Gasteiger partial charge < -0.3 is 10.0 Å². The van der Waals surface area contributed by atoms with Crippen LogP contribution in [0.4, 0.5) is 0 Å². The summed E-state index contributed by atoms with van der Waals surface area (Å²) < 4.78 is 0.138. The summed E-state index contributed by atoms with van der Waals surface area (Å²) in [6.07, 6.45) is 1.28. The Morgan fingerprint density at radius 3 is 2.75 bits per heavy atom. The van der Waals surface area contributed by atoms with Crippen LogP contribution in [0.1, 0.15) is 23.2 Å². The second-order valence-corrected chi connectivity index (χ2v) is 5.54. The summed E-state index contributed by atoms with van der Waals surface area (Å²) in [4.78, 5) is 13.7. The number of likely N-dealkylation sites (tertiary alicyclic amines) is 1. The molecule has 3 nitrogen and oxygen atoms in total. The highest BCUT2D eigenvalue weighted by Crippen LogP contribution is 2.24. The molecule has 1 aromatic carbocycles. The number of benzene rings is 1. The van der Waals surface area contributed by atoms with Crippen LogP contribution in [0.2, 0.25) is 0 Å². The molecule has 4 heteroatoms. The van der Waals surface area contributed by atoms with Crippen molar-refractivity contribution in [1.82, 2.24) is 4.90 Å². The van der Waals surface area contributed by atoms with Crippen LogP contribution < -0.4 is 0 Å². The molecule has 1 aliphatic rings. The molecule has 1 amide bonds. The smallest absolute Gasteiger partial charge is 0.255 e. The highest BCUT2D eigenvalue weighted by atomic mass is 127. The molecule has 16 heavy (non-hydrogen) atoms. The number of alkyl halides is 1. The molecule has 0 bridgehead atoms. The van der Waals surface area contributed by atoms with Crippen LogP contribution in [-0.2, 0) is 0 Å². The van der Waals surface area contributed by atoms with Gasteiger partial charge >= 0.3 is 0 Å². The fourth-order valence-corrected chi connectivity index (χ4v) is 2.73. The van der Waals surface area contributed by atoms with Gasteiger partial charge in [0.15, 0.2) is 0 Å². The summed E-state index contributed by atoms with van der Waals surface area (Å²) in [5.74, 6) is -0.0746. The van der Waals surface area contributed by atoms with Crippen LogP contribution in [0.5, 0.6) is 0 Å². The van der Waals surface area contributed by atoms with Gasteiger partial charge in [0, 0.05) is 12.1 Å². The number of halogens is 1. The Bertz CT molecular complexity index is 369. The topological polar surface area (TPSA) is 40.5 Å². The van der Waals surface area contributed by atoms with Gasteiger partial charge in [-0.3, -0.25) is 4.79 Å². The van der Waals surface area contributed by atoms with E-state index in [1.54, 1.807) is 17.0 Å². The second kappa shape index (κ2) is 5.14. The number of carbonyl (C=O) groups is 1. The lowest BCUT2D eigenvalue weighted by molar-refractivity contribution is -0.00499. The van der Waals surface area contributed by atoms with Gasteiger partial charge in [-0.05, 0) is 25.0 Å². The van der Waals surface area contributed by atoms with E-state index in [1.807, 2.05) is 18.2 Å². The fourth-order valence-electron chi connectivity index (χ4n) is 1.90. The van der Waals surface area contributed by atoms with Crippen LogP contribution in [0.15, 0.2) is 30.3 Å². The third-order valence-electron chi connectivity index (χ3n) is 2.80. The third-order valence-corrected chi connectivity index (χ3v) is 4.07. The van der Waals surface area contributed by atoms with Crippen molar-refractivity contribution in [2.45, 2.75) is 23.0 Å². The molecule has 0 saturated carbocycles. The minimum atomic E-state index is -0.651. The van der Waals surface area contributed by atoms with Gasteiger partial charge in [0.05, 0.1) is 3.92 Å². The summed E-state index contributed by atoms with van der Waals surface area (Å²) in [6, 6.07) is 9.12. The van der Waals surface area contributed by atoms with Crippen molar-refractivity contribution in [3.05, 3.63) is 35.9 Å². The van der Waals surface area contributed by atoms with E-state index >= 15 is 0 Å². The van der Waals surface area contributed by atoms with Crippen LogP contribution >= 0.6 is 22.6 Å². The van der Waals surface area contributed by atoms with E-state index in [-0.39, 0.29) is 9.83 Å². The van der Waals surface area contributed by atoms with E-state index in [2.05, 4.69) is 22.6 Å². The number of carbonyl (C=O) groups excluding carboxylic acids is 1. The molecule has 0 aromatic heterocycles. The maximum Gasteiger partial charge on any atom is 0.255 e. The Labute approximate surface area is 109 Å². The Balaban J connectivity index is 2.15. The van der Waals surface area contributed by atoms with Gasteiger partial charge in [0.2, 0.25) is 0 Å². The maximum atomic E-state index is 12.1. The average Bonchev–Trinajstić information content (AvgIpc) is 2.33. The van der Waals surface area contributed by atoms with Crippen molar-refractivity contribution in [2.24, 2.45) is 0 Å². The van der Waals surface area contributed by atoms with Crippen LogP contribution in [0.3, 0.4) is 0 Å². The zero-order valence-corrected chi connectivity index (χ0v) is 11.0. The van der Waals surface area contributed by atoms with Gasteiger partial charge in [-0.1, -0.05) is 40.8 Å². The van der Waals surface area contributed by atoms with E-state index in [0.717, 1.165) is 12.8 Å². The SMILES string of the molecule is O=C(c1ccccc1)N1CCC[C@H](I)[C@H]1O. The lowest BCUT2D eigenvalue weighted by Crippen LogP contribution is -2.48. The minimum absolute atomic E-state index is 0.0746. The van der Waals surface area contributed by atoms with Crippen molar-refractivity contribution in [1.29, 1.82) is 0 Å². The Hall–Kier alpha value is -0.620. The number of amides is 1. The molecule has 2 atom stereocenters. The number of hydrogen-bond acceptors (Lipinski definition) is 2. The van der Waals surface area contributed by atoms with E-state index in [4.69, 9.17) is 0 Å². The van der Waals surface area contributed by atoms with E-state index < -0.39 is 6.23 Å². The molecule has 1 aromatic rings. The second-order valence-electron chi connectivity index (χ2n) is 3.94. The summed E-state index contributed by atoms with van der Waals surface area (Å²) in [5.41, 5.74) is 0.645. The van der Waals surface area contributed by atoms with E-state index in [0.29, 0.717) is 12.1 Å². The number of nitrogens with zero attached hydrogens (tertiary/aromatic N) is 1. The van der Waals surface area contributed by atoms with Gasteiger partial charge in [-0.25, -0.2) is 0 Å². The van der Waals surface area contributed by atoms with Crippen molar-refractivity contribution in [3.63, 3.8) is 0 Å². The molecule has 86 valence electrons. The molecule has 0 unspecified atom stereocenters. The van der Waals surface area contributed by atoms with Gasteiger partial charge in [0.1, 0.15) is 6.23 Å². The minimum Gasteiger partial charge on any atom is -0.372 e. The molecule has 2 rings (SSSR count). The molecule has 1 N–H and O–H groups in total. The monoisotopic (exact) mass is 331 g/mol. The summed E-state index contributed by atoms with van der Waals surface area (Å²) in [6.45, 7) is 0.647. The quantitative estimate of drug-likeness (QED) is 0.632. The first-order chi connectivity index (χ1) is 7.70. The van der Waals surface area contributed by atoms with Crippen molar-refractivity contribution in [3.8, 4) is 0 Å². The van der Waals surface area contributed by atoms with Gasteiger partial charge in [-0.15, -0.1) is 0 Å². The molecule has 0 spiro atoms. The number of aliphatic hydroxyl groups excluding tert-OH is 1. The maximum absolute atomic E-state index is 12.1. The van der Waals surface area contributed by atoms with E-state index in [9.17, 15) is 9.90 Å². The van der Waals surface area contributed by atoms with Crippen molar-refractivity contribution < 1.29 is 9.90 Å². The van der Waals surface area contributed by atoms with Crippen molar-refractivity contribution in [2.75, 3.05) is 6.54 Å². The molecular formula is C12H14INO2. The van der Waals surface area contributed by atoms with Gasteiger partial charge in [-0.2, -0.15) is 0 Å². The summed E-state index contributed by atoms with van der Waals surface area (Å²) >= 11 is 2.21. The zero-order valence-electron chi connectivity index (χ0n) is 8.84. The van der Waals surface area contributed by atoms with Gasteiger partial charge in [0.25, 0.3) is 5.91 Å². The predicted octanol–water partition coefficient (Wildman–Crippen LogP) is 2.04. The van der Waals surface area contributed by atoms with Crippen LogP contribution in [0, 0.1) is 0 Å². The number of rotatable bonds is 1. The summed E-state index contributed by atoms with van der Waals surface area (Å²) in [7, 11) is 0. The Morgan fingerprint density at radius 2 is 2.06 bits per heavy atom. The first kappa shape index (κ1) is 11.9. The first-order valence-electron chi connectivity index (χ1n) is 5.38. The zero-order chi connectivity index (χ0) is 11.5. The molecule has 0 radical (unpaired) electrons. The standard InChI is InChI=1S/C12H14INO2/c13-10-7-4-8-14(12(10)16)11(15)9-5-2-1-3-6-9/h1-3,5-6,10,12,16H,4,7-8H2/t10-,12+/m0/s1. The molecule has 1 saturated heterocycles. The molecule has 1 aliphatic heterocycles. The third kappa shape index (κ3) is 2.38. The predicted molar refractivity (Wildman–Crippen MR) is 70.5 cm³/mol. The largest absolute Gasteiger partial charge is 0.372 e. The lowest BCUT2D eigenvalue weighted by atomic mass is 10.1. The molecular weight excluding hydrogens is 317 g/mol. The first-order valence-corrected chi connectivity index (χ1v) is 6.63. The molecule has 1 fully saturated rings.